The molecule has 0 fully saturated rings. The molecule has 84 valence electrons. The molecule has 0 aliphatic heterocycles. The summed E-state index contributed by atoms with van der Waals surface area (Å²) in [6.45, 7) is 2.11. The molecule has 2 aromatic rings. The van der Waals surface area contributed by atoms with E-state index in [0.717, 1.165) is 5.56 Å². The number of hydrogen-bond donors (Lipinski definition) is 0. The zero-order valence-electron chi connectivity index (χ0n) is 9.88. The molecule has 0 aliphatic carbocycles. The predicted octanol–water partition coefficient (Wildman–Crippen LogP) is 4.10. The van der Waals surface area contributed by atoms with Gasteiger partial charge in [-0.25, -0.2) is 0 Å². The average Bonchev–Trinajstić information content (AvgIpc) is 2.42. The number of nitrogens with zero attached hydrogens (tertiary/aromatic N) is 1. The highest BCUT2D eigenvalue weighted by molar-refractivity contribution is 5.32. The minimum absolute atomic E-state index is 0.0846. The Kier molecular flexibility index (Phi) is 3.57. The van der Waals surface area contributed by atoms with E-state index in [9.17, 15) is 5.26 Å². The van der Waals surface area contributed by atoms with Crippen molar-refractivity contribution in [3.8, 4) is 6.07 Å². The molecule has 0 radical (unpaired) electrons. The van der Waals surface area contributed by atoms with Crippen LogP contribution in [0.2, 0.25) is 0 Å². The third kappa shape index (κ3) is 2.54. The maximum Gasteiger partial charge on any atom is 0.0778 e. The molecule has 1 heteroatoms. The molecule has 1 nitrogen and oxygen atoms in total. The Morgan fingerprint density at radius 2 is 1.29 bits per heavy atom. The molecule has 2 atom stereocenters. The first kappa shape index (κ1) is 11.4. The SMILES string of the molecule is CC(c1ccccc1)[C@@H](C#N)c1ccccc1. The predicted molar refractivity (Wildman–Crippen MR) is 69.7 cm³/mol. The zero-order valence-corrected chi connectivity index (χ0v) is 9.88. The van der Waals surface area contributed by atoms with Gasteiger partial charge in [-0.1, -0.05) is 67.6 Å². The maximum absolute atomic E-state index is 9.36. The summed E-state index contributed by atoms with van der Waals surface area (Å²) in [6.07, 6.45) is 0. The Morgan fingerprint density at radius 1 is 0.824 bits per heavy atom. The van der Waals surface area contributed by atoms with Crippen LogP contribution >= 0.6 is 0 Å². The largest absolute Gasteiger partial charge is 0.198 e. The second-order valence-electron chi connectivity index (χ2n) is 4.22. The van der Waals surface area contributed by atoms with Crippen LogP contribution in [0.5, 0.6) is 0 Å². The van der Waals surface area contributed by atoms with Crippen molar-refractivity contribution in [1.29, 1.82) is 5.26 Å². The number of hydrogen-bond acceptors (Lipinski definition) is 1. The van der Waals surface area contributed by atoms with Gasteiger partial charge in [0.1, 0.15) is 0 Å². The summed E-state index contributed by atoms with van der Waals surface area (Å²) in [5.41, 5.74) is 2.30. The van der Waals surface area contributed by atoms with Gasteiger partial charge in [0.2, 0.25) is 0 Å². The molecule has 17 heavy (non-hydrogen) atoms. The van der Waals surface area contributed by atoms with Gasteiger partial charge in [-0.05, 0) is 11.1 Å². The summed E-state index contributed by atoms with van der Waals surface area (Å²) in [4.78, 5) is 0. The van der Waals surface area contributed by atoms with Gasteiger partial charge in [-0.2, -0.15) is 5.26 Å². The average molecular weight is 221 g/mol. The fourth-order valence-electron chi connectivity index (χ4n) is 2.08. The molecule has 0 aliphatic rings. The van der Waals surface area contributed by atoms with E-state index in [4.69, 9.17) is 0 Å². The lowest BCUT2D eigenvalue weighted by Crippen LogP contribution is -2.06. The summed E-state index contributed by atoms with van der Waals surface area (Å²) >= 11 is 0. The van der Waals surface area contributed by atoms with E-state index in [1.807, 2.05) is 48.5 Å². The molecular weight excluding hydrogens is 206 g/mol. The molecule has 1 unspecified atom stereocenters. The summed E-state index contributed by atoms with van der Waals surface area (Å²) in [5, 5.41) is 9.36. The van der Waals surface area contributed by atoms with Crippen molar-refractivity contribution in [3.63, 3.8) is 0 Å². The first-order valence-corrected chi connectivity index (χ1v) is 5.82. The van der Waals surface area contributed by atoms with Crippen LogP contribution < -0.4 is 0 Å². The van der Waals surface area contributed by atoms with Crippen LogP contribution in [0.3, 0.4) is 0 Å². The van der Waals surface area contributed by atoms with Gasteiger partial charge in [-0.15, -0.1) is 0 Å². The van der Waals surface area contributed by atoms with Crippen LogP contribution in [0, 0.1) is 11.3 Å². The summed E-state index contributed by atoms with van der Waals surface area (Å²) in [5.74, 6) is 0.127. The molecule has 0 aromatic heterocycles. The van der Waals surface area contributed by atoms with E-state index in [2.05, 4.69) is 25.1 Å². The van der Waals surface area contributed by atoms with E-state index in [0.29, 0.717) is 0 Å². The Hall–Kier alpha value is -2.07. The minimum atomic E-state index is -0.0846. The summed E-state index contributed by atoms with van der Waals surface area (Å²) in [7, 11) is 0. The maximum atomic E-state index is 9.36. The van der Waals surface area contributed by atoms with Gasteiger partial charge in [0, 0.05) is 5.92 Å². The van der Waals surface area contributed by atoms with E-state index in [-0.39, 0.29) is 11.8 Å². The minimum Gasteiger partial charge on any atom is -0.198 e. The Morgan fingerprint density at radius 3 is 1.76 bits per heavy atom. The van der Waals surface area contributed by atoms with Crippen molar-refractivity contribution in [2.75, 3.05) is 0 Å². The smallest absolute Gasteiger partial charge is 0.0778 e. The van der Waals surface area contributed by atoms with E-state index in [1.54, 1.807) is 0 Å². The molecule has 0 bridgehead atoms. The molecule has 2 rings (SSSR count). The van der Waals surface area contributed by atoms with Crippen LogP contribution in [-0.4, -0.2) is 0 Å². The van der Waals surface area contributed by atoms with Gasteiger partial charge < -0.3 is 0 Å². The number of benzene rings is 2. The Bertz CT molecular complexity index is 496. The lowest BCUT2D eigenvalue weighted by atomic mass is 9.84. The van der Waals surface area contributed by atoms with E-state index in [1.165, 1.54) is 5.56 Å². The van der Waals surface area contributed by atoms with Gasteiger partial charge in [0.05, 0.1) is 12.0 Å². The fourth-order valence-corrected chi connectivity index (χ4v) is 2.08. The van der Waals surface area contributed by atoms with Crippen LogP contribution in [0.25, 0.3) is 0 Å². The topological polar surface area (TPSA) is 23.8 Å². The molecule has 0 spiro atoms. The first-order valence-electron chi connectivity index (χ1n) is 5.82. The summed E-state index contributed by atoms with van der Waals surface area (Å²) in [6, 6.07) is 22.6. The highest BCUT2D eigenvalue weighted by Gasteiger charge is 2.19. The quantitative estimate of drug-likeness (QED) is 0.765. The van der Waals surface area contributed by atoms with Crippen LogP contribution in [-0.2, 0) is 0 Å². The van der Waals surface area contributed by atoms with Gasteiger partial charge >= 0.3 is 0 Å². The third-order valence-corrected chi connectivity index (χ3v) is 3.12. The molecule has 0 heterocycles. The first-order chi connectivity index (χ1) is 8.33. The standard InChI is InChI=1S/C16H15N/c1-13(14-8-4-2-5-9-14)16(12-17)15-10-6-3-7-11-15/h2-11,13,16H,1H3/t13?,16-/m1/s1. The van der Waals surface area contributed by atoms with Gasteiger partial charge in [-0.3, -0.25) is 0 Å². The lowest BCUT2D eigenvalue weighted by molar-refractivity contribution is 0.687. The second-order valence-corrected chi connectivity index (χ2v) is 4.22. The van der Waals surface area contributed by atoms with Crippen LogP contribution in [0.15, 0.2) is 60.7 Å². The van der Waals surface area contributed by atoms with Crippen molar-refractivity contribution in [2.45, 2.75) is 18.8 Å². The lowest BCUT2D eigenvalue weighted by Gasteiger charge is -2.18. The van der Waals surface area contributed by atoms with Crippen molar-refractivity contribution in [1.82, 2.24) is 0 Å². The van der Waals surface area contributed by atoms with Crippen LogP contribution in [0.1, 0.15) is 29.9 Å². The van der Waals surface area contributed by atoms with Crippen molar-refractivity contribution in [2.24, 2.45) is 0 Å². The third-order valence-electron chi connectivity index (χ3n) is 3.12. The molecule has 0 N–H and O–H groups in total. The highest BCUT2D eigenvalue weighted by atomic mass is 14.3. The fraction of sp³-hybridized carbons (Fsp3) is 0.188. The summed E-state index contributed by atoms with van der Waals surface area (Å²) < 4.78 is 0. The molecular formula is C16H15N. The second kappa shape index (κ2) is 5.32. The van der Waals surface area contributed by atoms with Crippen molar-refractivity contribution in [3.05, 3.63) is 71.8 Å². The molecule has 0 saturated heterocycles. The number of nitriles is 1. The Balaban J connectivity index is 2.30. The Labute approximate surface area is 102 Å². The van der Waals surface area contributed by atoms with Crippen LogP contribution in [0.4, 0.5) is 0 Å². The highest BCUT2D eigenvalue weighted by Crippen LogP contribution is 2.31. The molecule has 2 aromatic carbocycles. The molecule has 0 amide bonds. The monoisotopic (exact) mass is 221 g/mol. The molecule has 0 saturated carbocycles. The number of rotatable bonds is 3. The van der Waals surface area contributed by atoms with Crippen molar-refractivity contribution < 1.29 is 0 Å². The van der Waals surface area contributed by atoms with Crippen molar-refractivity contribution >= 4 is 0 Å². The van der Waals surface area contributed by atoms with Gasteiger partial charge in [0.15, 0.2) is 0 Å². The zero-order chi connectivity index (χ0) is 12.1. The van der Waals surface area contributed by atoms with Gasteiger partial charge in [0.25, 0.3) is 0 Å². The van der Waals surface area contributed by atoms with E-state index < -0.39 is 0 Å². The normalized spacial score (nSPS) is 13.6. The van der Waals surface area contributed by atoms with E-state index >= 15 is 0 Å².